The van der Waals surface area contributed by atoms with Gasteiger partial charge in [-0.3, -0.25) is 9.59 Å². The number of hydrogen-bond donors (Lipinski definition) is 1. The average Bonchev–Trinajstić information content (AvgIpc) is 2.82. The summed E-state index contributed by atoms with van der Waals surface area (Å²) >= 11 is 0. The Kier molecular flexibility index (Phi) is 16.1. The van der Waals surface area contributed by atoms with Crippen LogP contribution in [-0.4, -0.2) is 77.7 Å². The van der Waals surface area contributed by atoms with Crippen molar-refractivity contribution in [3.8, 4) is 0 Å². The van der Waals surface area contributed by atoms with Crippen LogP contribution >= 0.6 is 0 Å². The number of ether oxygens (including phenoxy) is 2. The third-order valence-corrected chi connectivity index (χ3v) is 12.4. The highest BCUT2D eigenvalue weighted by Gasteiger charge is 2.36. The lowest BCUT2D eigenvalue weighted by atomic mass is 9.99. The van der Waals surface area contributed by atoms with Crippen LogP contribution in [0.5, 0.6) is 0 Å². The number of unbranched alkanes of at least 4 members (excludes halogenated alkanes) is 5. The lowest BCUT2D eigenvalue weighted by molar-refractivity contribution is -0.141. The molecule has 7 nitrogen and oxygen atoms in total. The second-order valence-corrected chi connectivity index (χ2v) is 16.8. The smallest absolute Gasteiger partial charge is 0.305 e. The summed E-state index contributed by atoms with van der Waals surface area (Å²) in [6, 6.07) is 1.00. The highest BCUT2D eigenvalue weighted by molar-refractivity contribution is 6.74. The Balaban J connectivity index is 2.44. The van der Waals surface area contributed by atoms with E-state index in [1.54, 1.807) is 0 Å². The molecule has 0 amide bonds. The number of piperazine rings is 1. The fourth-order valence-corrected chi connectivity index (χ4v) is 5.62. The first-order valence-corrected chi connectivity index (χ1v) is 17.2. The third-order valence-electron chi connectivity index (χ3n) is 7.89. The van der Waals surface area contributed by atoms with Crippen LogP contribution in [0.2, 0.25) is 18.1 Å². The molecule has 1 saturated heterocycles. The van der Waals surface area contributed by atoms with Crippen LogP contribution in [0, 0.1) is 0 Å². The standard InChI is InChI=1S/C28H56N2O5Si/c1-28(2,3)36(6,7)35-21-15-14-20-30-22-24(16-10-8-12-18-26(31)33-4)29-25(23-30)17-11-9-13-19-27(32)34-5/h24-25,29H,8-23H2,1-7H3. The maximum atomic E-state index is 11.3. The van der Waals surface area contributed by atoms with Crippen LogP contribution < -0.4 is 5.32 Å². The van der Waals surface area contributed by atoms with Crippen molar-refractivity contribution in [1.82, 2.24) is 10.2 Å². The molecule has 0 saturated carbocycles. The molecule has 1 N–H and O–H groups in total. The van der Waals surface area contributed by atoms with Gasteiger partial charge in [0.15, 0.2) is 8.32 Å². The van der Waals surface area contributed by atoms with E-state index in [4.69, 9.17) is 13.9 Å². The van der Waals surface area contributed by atoms with Gasteiger partial charge < -0.3 is 24.1 Å². The molecule has 1 aliphatic heterocycles. The molecule has 0 radical (unpaired) electrons. The Morgan fingerprint density at radius 3 is 1.75 bits per heavy atom. The zero-order valence-electron chi connectivity index (χ0n) is 24.5. The van der Waals surface area contributed by atoms with E-state index in [9.17, 15) is 9.59 Å². The van der Waals surface area contributed by atoms with Crippen molar-refractivity contribution in [3.63, 3.8) is 0 Å². The van der Waals surface area contributed by atoms with E-state index in [0.717, 1.165) is 84.0 Å². The molecule has 1 fully saturated rings. The molecule has 212 valence electrons. The molecule has 0 bridgehead atoms. The molecule has 1 rings (SSSR count). The molecule has 0 spiro atoms. The fraction of sp³-hybridized carbons (Fsp3) is 0.929. The van der Waals surface area contributed by atoms with E-state index in [-0.39, 0.29) is 17.0 Å². The van der Waals surface area contributed by atoms with Crippen molar-refractivity contribution >= 4 is 20.3 Å². The topological polar surface area (TPSA) is 77.1 Å². The van der Waals surface area contributed by atoms with Crippen LogP contribution in [0.3, 0.4) is 0 Å². The lowest BCUT2D eigenvalue weighted by Crippen LogP contribution is -2.56. The molecule has 0 aromatic carbocycles. The van der Waals surface area contributed by atoms with Crippen molar-refractivity contribution in [2.45, 2.75) is 128 Å². The van der Waals surface area contributed by atoms with E-state index in [1.165, 1.54) is 20.6 Å². The number of carbonyl (C=O) groups excluding carboxylic acids is 2. The largest absolute Gasteiger partial charge is 0.469 e. The van der Waals surface area contributed by atoms with Gasteiger partial charge in [0.25, 0.3) is 0 Å². The number of carbonyl (C=O) groups is 2. The molecule has 36 heavy (non-hydrogen) atoms. The van der Waals surface area contributed by atoms with E-state index in [1.807, 2.05) is 0 Å². The number of hydrogen-bond acceptors (Lipinski definition) is 7. The quantitative estimate of drug-likeness (QED) is 0.139. The van der Waals surface area contributed by atoms with E-state index >= 15 is 0 Å². The average molecular weight is 529 g/mol. The Morgan fingerprint density at radius 2 is 1.31 bits per heavy atom. The second kappa shape index (κ2) is 17.5. The van der Waals surface area contributed by atoms with Gasteiger partial charge in [-0.25, -0.2) is 0 Å². The molecule has 0 aromatic rings. The van der Waals surface area contributed by atoms with Crippen LogP contribution in [0.4, 0.5) is 0 Å². The number of methoxy groups -OCH3 is 2. The molecule has 1 aliphatic rings. The first-order valence-electron chi connectivity index (χ1n) is 14.2. The summed E-state index contributed by atoms with van der Waals surface area (Å²) in [5.41, 5.74) is 0. The van der Waals surface area contributed by atoms with Crippen molar-refractivity contribution in [2.24, 2.45) is 0 Å². The minimum Gasteiger partial charge on any atom is -0.469 e. The van der Waals surface area contributed by atoms with Gasteiger partial charge in [-0.15, -0.1) is 0 Å². The molecular weight excluding hydrogens is 472 g/mol. The molecule has 1 heterocycles. The van der Waals surface area contributed by atoms with Crippen LogP contribution in [0.25, 0.3) is 0 Å². The highest BCUT2D eigenvalue weighted by Crippen LogP contribution is 2.36. The Hall–Kier alpha value is -0.963. The van der Waals surface area contributed by atoms with Crippen LogP contribution in [0.1, 0.15) is 97.8 Å². The van der Waals surface area contributed by atoms with Gasteiger partial charge in [0.05, 0.1) is 14.2 Å². The summed E-state index contributed by atoms with van der Waals surface area (Å²) in [6.45, 7) is 15.7. The third kappa shape index (κ3) is 14.1. The first kappa shape index (κ1) is 33.1. The maximum Gasteiger partial charge on any atom is 0.305 e. The summed E-state index contributed by atoms with van der Waals surface area (Å²) in [5, 5.41) is 4.16. The molecule has 0 aliphatic carbocycles. The van der Waals surface area contributed by atoms with E-state index < -0.39 is 8.32 Å². The fourth-order valence-electron chi connectivity index (χ4n) is 4.53. The van der Waals surface area contributed by atoms with Gasteiger partial charge in [-0.05, 0) is 63.2 Å². The lowest BCUT2D eigenvalue weighted by Gasteiger charge is -2.39. The Labute approximate surface area is 222 Å². The van der Waals surface area contributed by atoms with Gasteiger partial charge >= 0.3 is 11.9 Å². The maximum absolute atomic E-state index is 11.3. The molecular formula is C28H56N2O5Si. The normalized spacial score (nSPS) is 19.3. The van der Waals surface area contributed by atoms with E-state index in [0.29, 0.717) is 24.9 Å². The highest BCUT2D eigenvalue weighted by atomic mass is 28.4. The predicted molar refractivity (Wildman–Crippen MR) is 150 cm³/mol. The number of nitrogens with one attached hydrogen (secondary N) is 1. The number of rotatable bonds is 18. The first-order chi connectivity index (χ1) is 17.0. The molecule has 2 atom stereocenters. The summed E-state index contributed by atoms with van der Waals surface area (Å²) < 4.78 is 15.9. The Morgan fingerprint density at radius 1 is 0.806 bits per heavy atom. The second-order valence-electron chi connectivity index (χ2n) is 12.0. The van der Waals surface area contributed by atoms with Gasteiger partial charge in [0.1, 0.15) is 0 Å². The van der Waals surface area contributed by atoms with Gasteiger partial charge in [0, 0.05) is 44.6 Å². The number of esters is 2. The Bertz CT molecular complexity index is 590. The summed E-state index contributed by atoms with van der Waals surface area (Å²) in [6.07, 6.45) is 11.8. The van der Waals surface area contributed by atoms with Gasteiger partial charge in [0.2, 0.25) is 0 Å². The van der Waals surface area contributed by atoms with Crippen LogP contribution in [0.15, 0.2) is 0 Å². The van der Waals surface area contributed by atoms with E-state index in [2.05, 4.69) is 44.1 Å². The van der Waals surface area contributed by atoms with Crippen molar-refractivity contribution < 1.29 is 23.5 Å². The minimum absolute atomic E-state index is 0.109. The van der Waals surface area contributed by atoms with Crippen molar-refractivity contribution in [3.05, 3.63) is 0 Å². The monoisotopic (exact) mass is 528 g/mol. The summed E-state index contributed by atoms with van der Waals surface area (Å²) in [4.78, 5) is 25.3. The van der Waals surface area contributed by atoms with Gasteiger partial charge in [-0.1, -0.05) is 46.5 Å². The predicted octanol–water partition coefficient (Wildman–Crippen LogP) is 5.68. The van der Waals surface area contributed by atoms with Crippen molar-refractivity contribution in [1.29, 1.82) is 0 Å². The van der Waals surface area contributed by atoms with Crippen molar-refractivity contribution in [2.75, 3.05) is 40.5 Å². The zero-order valence-corrected chi connectivity index (χ0v) is 25.5. The minimum atomic E-state index is -1.66. The molecule has 8 heteroatoms. The zero-order chi connectivity index (χ0) is 27.0. The SMILES string of the molecule is COC(=O)CCCCCC1CN(CCCCO[Si](C)(C)C(C)(C)C)CC(CCCCCC(=O)OC)N1. The number of nitrogens with zero attached hydrogens (tertiary/aromatic N) is 1. The summed E-state index contributed by atoms with van der Waals surface area (Å²) in [7, 11) is 1.25. The van der Waals surface area contributed by atoms with Crippen LogP contribution in [-0.2, 0) is 23.5 Å². The van der Waals surface area contributed by atoms with Gasteiger partial charge in [-0.2, -0.15) is 0 Å². The molecule has 2 unspecified atom stereocenters. The summed E-state index contributed by atoms with van der Waals surface area (Å²) in [5.74, 6) is -0.219. The molecule has 0 aromatic heterocycles.